The van der Waals surface area contributed by atoms with E-state index in [9.17, 15) is 4.79 Å². The molecule has 0 aromatic heterocycles. The highest BCUT2D eigenvalue weighted by Gasteiger charge is 2.02. The molecule has 4 nitrogen and oxygen atoms in total. The second-order valence-electron chi connectivity index (χ2n) is 3.16. The summed E-state index contributed by atoms with van der Waals surface area (Å²) in [5.41, 5.74) is 0.750. The van der Waals surface area contributed by atoms with Gasteiger partial charge in [0, 0.05) is 18.0 Å². The van der Waals surface area contributed by atoms with Gasteiger partial charge in [0.05, 0.1) is 12.7 Å². The number of amides is 1. The van der Waals surface area contributed by atoms with Crippen LogP contribution in [0.4, 0.5) is 0 Å². The van der Waals surface area contributed by atoms with Gasteiger partial charge in [0.1, 0.15) is 0 Å². The van der Waals surface area contributed by atoms with E-state index in [4.69, 9.17) is 10.2 Å². The van der Waals surface area contributed by atoms with E-state index in [1.165, 1.54) is 0 Å². The van der Waals surface area contributed by atoms with E-state index in [1.807, 2.05) is 18.2 Å². The van der Waals surface area contributed by atoms with Gasteiger partial charge in [-0.1, -0.05) is 24.1 Å². The van der Waals surface area contributed by atoms with Gasteiger partial charge in [-0.2, -0.15) is 0 Å². The fourth-order valence-corrected chi connectivity index (χ4v) is 0.970. The van der Waals surface area contributed by atoms with Crippen LogP contribution in [0.15, 0.2) is 30.3 Å². The molecule has 0 spiro atoms. The Morgan fingerprint density at radius 2 is 2.06 bits per heavy atom. The van der Waals surface area contributed by atoms with E-state index in [2.05, 4.69) is 17.2 Å². The lowest BCUT2D eigenvalue weighted by atomic mass is 10.2. The molecule has 0 aliphatic heterocycles. The first kappa shape index (κ1) is 12.2. The highest BCUT2D eigenvalue weighted by Crippen LogP contribution is 1.94. The van der Waals surface area contributed by atoms with Crippen LogP contribution in [0.5, 0.6) is 0 Å². The molecule has 0 heterocycles. The number of carbonyl (C=O) groups excluding carboxylic acids is 1. The summed E-state index contributed by atoms with van der Waals surface area (Å²) in [7, 11) is 0. The van der Waals surface area contributed by atoms with Gasteiger partial charge in [0.2, 0.25) is 0 Å². The minimum absolute atomic E-state index is 0.00119. The molecule has 16 heavy (non-hydrogen) atoms. The Morgan fingerprint density at radius 3 is 2.69 bits per heavy atom. The van der Waals surface area contributed by atoms with Gasteiger partial charge >= 0.3 is 0 Å². The number of nitrogens with one attached hydrogen (secondary N) is 1. The third-order valence-corrected chi connectivity index (χ3v) is 1.80. The minimum Gasteiger partial charge on any atom is -0.394 e. The number of benzene rings is 1. The van der Waals surface area contributed by atoms with Crippen LogP contribution < -0.4 is 5.32 Å². The van der Waals surface area contributed by atoms with Crippen LogP contribution in [0.2, 0.25) is 0 Å². The van der Waals surface area contributed by atoms with Crippen LogP contribution in [0.1, 0.15) is 5.56 Å². The molecule has 1 rings (SSSR count). The van der Waals surface area contributed by atoms with Crippen LogP contribution in [0.3, 0.4) is 0 Å². The average Bonchev–Trinajstić information content (AvgIpc) is 2.34. The first-order valence-corrected chi connectivity index (χ1v) is 4.86. The van der Waals surface area contributed by atoms with E-state index >= 15 is 0 Å². The number of carbonyl (C=O) groups is 1. The quantitative estimate of drug-likeness (QED) is 0.601. The SMILES string of the molecule is O=C(C#Cc1ccccc1)NCC(O)CO. The summed E-state index contributed by atoms with van der Waals surface area (Å²) in [6.45, 7) is -0.384. The molecule has 1 atom stereocenters. The van der Waals surface area contributed by atoms with Gasteiger partial charge < -0.3 is 15.5 Å². The fraction of sp³-hybridized carbons (Fsp3) is 0.250. The first-order chi connectivity index (χ1) is 7.72. The molecule has 0 aliphatic carbocycles. The number of aliphatic hydroxyl groups excluding tert-OH is 2. The van der Waals surface area contributed by atoms with Crippen molar-refractivity contribution < 1.29 is 15.0 Å². The topological polar surface area (TPSA) is 69.6 Å². The molecule has 0 aliphatic rings. The summed E-state index contributed by atoms with van der Waals surface area (Å²) in [4.78, 5) is 11.2. The fourth-order valence-electron chi connectivity index (χ4n) is 0.970. The Kier molecular flexibility index (Phi) is 5.06. The Hall–Kier alpha value is -1.83. The van der Waals surface area contributed by atoms with Gasteiger partial charge in [-0.05, 0) is 12.1 Å². The van der Waals surface area contributed by atoms with Crippen molar-refractivity contribution in [2.45, 2.75) is 6.10 Å². The van der Waals surface area contributed by atoms with Crippen molar-refractivity contribution in [3.8, 4) is 11.8 Å². The van der Waals surface area contributed by atoms with Crippen LogP contribution in [0, 0.1) is 11.8 Å². The molecule has 0 saturated carbocycles. The van der Waals surface area contributed by atoms with Crippen LogP contribution in [-0.2, 0) is 4.79 Å². The van der Waals surface area contributed by atoms with Gasteiger partial charge in [-0.3, -0.25) is 4.79 Å². The molecule has 84 valence electrons. The molecule has 3 N–H and O–H groups in total. The molecular weight excluding hydrogens is 206 g/mol. The van der Waals surface area contributed by atoms with Gasteiger partial charge in [0.25, 0.3) is 5.91 Å². The van der Waals surface area contributed by atoms with Crippen molar-refractivity contribution in [3.63, 3.8) is 0 Å². The van der Waals surface area contributed by atoms with E-state index in [0.29, 0.717) is 0 Å². The molecule has 1 aromatic rings. The van der Waals surface area contributed by atoms with Gasteiger partial charge in [0.15, 0.2) is 0 Å². The lowest BCUT2D eigenvalue weighted by Gasteiger charge is -2.05. The monoisotopic (exact) mass is 219 g/mol. The maximum absolute atomic E-state index is 11.2. The highest BCUT2D eigenvalue weighted by molar-refractivity contribution is 5.94. The smallest absolute Gasteiger partial charge is 0.296 e. The van der Waals surface area contributed by atoms with Crippen molar-refractivity contribution in [1.29, 1.82) is 0 Å². The lowest BCUT2D eigenvalue weighted by Crippen LogP contribution is -2.33. The molecule has 1 unspecified atom stereocenters. The lowest BCUT2D eigenvalue weighted by molar-refractivity contribution is -0.116. The zero-order valence-electron chi connectivity index (χ0n) is 8.68. The van der Waals surface area contributed by atoms with Crippen LogP contribution in [0.25, 0.3) is 0 Å². The minimum atomic E-state index is -0.942. The van der Waals surface area contributed by atoms with E-state index < -0.39 is 12.0 Å². The number of rotatable bonds is 3. The zero-order chi connectivity index (χ0) is 11.8. The molecule has 4 heteroatoms. The maximum atomic E-state index is 11.2. The van der Waals surface area contributed by atoms with Crippen molar-refractivity contribution in [1.82, 2.24) is 5.32 Å². The summed E-state index contributed by atoms with van der Waals surface area (Å²) in [5.74, 6) is 4.59. The molecule has 0 fully saturated rings. The van der Waals surface area contributed by atoms with Crippen LogP contribution in [-0.4, -0.2) is 35.4 Å². The number of hydrogen-bond acceptors (Lipinski definition) is 3. The summed E-state index contributed by atoms with van der Waals surface area (Å²) in [5, 5.41) is 19.9. The van der Waals surface area contributed by atoms with E-state index in [0.717, 1.165) is 5.56 Å². The predicted octanol–water partition coefficient (Wildman–Crippen LogP) is -0.493. The molecule has 0 saturated heterocycles. The Balaban J connectivity index is 2.43. The first-order valence-electron chi connectivity index (χ1n) is 4.86. The van der Waals surface area contributed by atoms with Crippen molar-refractivity contribution in [2.75, 3.05) is 13.2 Å². The normalized spacial score (nSPS) is 11.1. The standard InChI is InChI=1S/C12H13NO3/c14-9-11(15)8-13-12(16)7-6-10-4-2-1-3-5-10/h1-5,11,14-15H,8-9H2,(H,13,16). The molecule has 1 amide bonds. The summed E-state index contributed by atoms with van der Waals surface area (Å²) >= 11 is 0. The second-order valence-corrected chi connectivity index (χ2v) is 3.16. The molecular formula is C12H13NO3. The van der Waals surface area contributed by atoms with Crippen molar-refractivity contribution in [2.24, 2.45) is 0 Å². The predicted molar refractivity (Wildman–Crippen MR) is 59.4 cm³/mol. The van der Waals surface area contributed by atoms with Gasteiger partial charge in [-0.15, -0.1) is 0 Å². The van der Waals surface area contributed by atoms with E-state index in [1.54, 1.807) is 12.1 Å². The van der Waals surface area contributed by atoms with Gasteiger partial charge in [-0.25, -0.2) is 0 Å². The van der Waals surface area contributed by atoms with Crippen molar-refractivity contribution >= 4 is 5.91 Å². The molecule has 0 radical (unpaired) electrons. The van der Waals surface area contributed by atoms with E-state index in [-0.39, 0.29) is 13.2 Å². The third-order valence-electron chi connectivity index (χ3n) is 1.80. The summed E-state index contributed by atoms with van der Waals surface area (Å²) in [6.07, 6.45) is -0.942. The zero-order valence-corrected chi connectivity index (χ0v) is 8.68. The number of aliphatic hydroxyl groups is 2. The Labute approximate surface area is 93.9 Å². The summed E-state index contributed by atoms with van der Waals surface area (Å²) < 4.78 is 0. The summed E-state index contributed by atoms with van der Waals surface area (Å²) in [6, 6.07) is 9.11. The van der Waals surface area contributed by atoms with Crippen molar-refractivity contribution in [3.05, 3.63) is 35.9 Å². The third kappa shape index (κ3) is 4.60. The average molecular weight is 219 g/mol. The van der Waals surface area contributed by atoms with Crippen LogP contribution >= 0.6 is 0 Å². The maximum Gasteiger partial charge on any atom is 0.296 e. The Morgan fingerprint density at radius 1 is 1.38 bits per heavy atom. The largest absolute Gasteiger partial charge is 0.394 e. The highest BCUT2D eigenvalue weighted by atomic mass is 16.3. The molecule has 0 bridgehead atoms. The second kappa shape index (κ2) is 6.62. The Bertz CT molecular complexity index is 392. The molecule has 1 aromatic carbocycles. The number of hydrogen-bond donors (Lipinski definition) is 3.